The summed E-state index contributed by atoms with van der Waals surface area (Å²) >= 11 is 5.97. The molecule has 0 bridgehead atoms. The maximum atomic E-state index is 12.6. The lowest BCUT2D eigenvalue weighted by Gasteiger charge is -2.15. The molecule has 0 spiro atoms. The normalized spacial score (nSPS) is 10.2. The number of amides is 1. The van der Waals surface area contributed by atoms with E-state index in [1.54, 1.807) is 49.5 Å². The number of benzene rings is 2. The number of hydrogen-bond donors (Lipinski definition) is 0. The Morgan fingerprint density at radius 1 is 1.21 bits per heavy atom. The SMILES string of the molecule is C#Cc1cccc(N(C)C(=O)c2cc(-c3cccc(Cl)c3)no2)c1. The molecule has 118 valence electrons. The van der Waals surface area contributed by atoms with Crippen molar-refractivity contribution in [2.75, 3.05) is 11.9 Å². The van der Waals surface area contributed by atoms with Crippen LogP contribution in [0.15, 0.2) is 59.1 Å². The average molecular weight is 337 g/mol. The molecule has 3 aromatic rings. The van der Waals surface area contributed by atoms with Crippen LogP contribution in [0.2, 0.25) is 5.02 Å². The largest absolute Gasteiger partial charge is 0.350 e. The second kappa shape index (κ2) is 6.61. The van der Waals surface area contributed by atoms with E-state index in [1.807, 2.05) is 12.1 Å². The molecular formula is C19H13ClN2O2. The van der Waals surface area contributed by atoms with Crippen LogP contribution in [0, 0.1) is 12.3 Å². The van der Waals surface area contributed by atoms with E-state index in [0.29, 0.717) is 22.0 Å². The van der Waals surface area contributed by atoms with Crippen LogP contribution < -0.4 is 4.90 Å². The summed E-state index contributed by atoms with van der Waals surface area (Å²) in [6.07, 6.45) is 5.39. The maximum Gasteiger partial charge on any atom is 0.296 e. The first-order valence-electron chi connectivity index (χ1n) is 7.16. The Hall–Kier alpha value is -3.03. The fourth-order valence-corrected chi connectivity index (χ4v) is 2.44. The first-order valence-corrected chi connectivity index (χ1v) is 7.53. The van der Waals surface area contributed by atoms with Crippen molar-refractivity contribution < 1.29 is 9.32 Å². The molecule has 0 saturated heterocycles. The van der Waals surface area contributed by atoms with Crippen LogP contribution in [0.4, 0.5) is 5.69 Å². The zero-order chi connectivity index (χ0) is 17.1. The molecule has 24 heavy (non-hydrogen) atoms. The summed E-state index contributed by atoms with van der Waals surface area (Å²) in [7, 11) is 1.65. The van der Waals surface area contributed by atoms with Gasteiger partial charge in [0.15, 0.2) is 0 Å². The molecule has 1 amide bonds. The van der Waals surface area contributed by atoms with Gasteiger partial charge < -0.3 is 9.42 Å². The van der Waals surface area contributed by atoms with Gasteiger partial charge >= 0.3 is 0 Å². The summed E-state index contributed by atoms with van der Waals surface area (Å²) in [6, 6.07) is 15.9. The Morgan fingerprint density at radius 3 is 2.75 bits per heavy atom. The van der Waals surface area contributed by atoms with Gasteiger partial charge in [0.05, 0.1) is 0 Å². The molecule has 2 aromatic carbocycles. The Morgan fingerprint density at radius 2 is 2.00 bits per heavy atom. The van der Waals surface area contributed by atoms with E-state index in [2.05, 4.69) is 11.1 Å². The zero-order valence-corrected chi connectivity index (χ0v) is 13.6. The molecule has 3 rings (SSSR count). The predicted octanol–water partition coefficient (Wildman–Crippen LogP) is 4.25. The highest BCUT2D eigenvalue weighted by Gasteiger charge is 2.19. The lowest BCUT2D eigenvalue weighted by molar-refractivity contribution is 0.0957. The summed E-state index contributed by atoms with van der Waals surface area (Å²) in [5.41, 5.74) is 2.70. The lowest BCUT2D eigenvalue weighted by Crippen LogP contribution is -2.25. The van der Waals surface area contributed by atoms with E-state index in [9.17, 15) is 4.79 Å². The van der Waals surface area contributed by atoms with Gasteiger partial charge in [-0.1, -0.05) is 40.9 Å². The molecular weight excluding hydrogens is 324 g/mol. The molecule has 0 radical (unpaired) electrons. The third-order valence-corrected chi connectivity index (χ3v) is 3.78. The minimum Gasteiger partial charge on any atom is -0.350 e. The van der Waals surface area contributed by atoms with Crippen molar-refractivity contribution in [2.45, 2.75) is 0 Å². The molecule has 1 heterocycles. The summed E-state index contributed by atoms with van der Waals surface area (Å²) in [6.45, 7) is 0. The Bertz CT molecular complexity index is 940. The monoisotopic (exact) mass is 336 g/mol. The van der Waals surface area contributed by atoms with Crippen LogP contribution in [0.25, 0.3) is 11.3 Å². The van der Waals surface area contributed by atoms with Crippen LogP contribution in [0.5, 0.6) is 0 Å². The van der Waals surface area contributed by atoms with Gasteiger partial charge in [0.2, 0.25) is 5.76 Å². The van der Waals surface area contributed by atoms with E-state index in [0.717, 1.165) is 5.56 Å². The number of carbonyl (C=O) groups is 1. The molecule has 0 N–H and O–H groups in total. The van der Waals surface area contributed by atoms with Crippen molar-refractivity contribution in [1.29, 1.82) is 0 Å². The minimum atomic E-state index is -0.315. The number of halogens is 1. The predicted molar refractivity (Wildman–Crippen MR) is 94.1 cm³/mol. The third kappa shape index (κ3) is 3.17. The van der Waals surface area contributed by atoms with Crippen LogP contribution in [-0.2, 0) is 0 Å². The number of carbonyl (C=O) groups excluding carboxylic acids is 1. The van der Waals surface area contributed by atoms with Gasteiger partial charge in [-0.25, -0.2) is 0 Å². The lowest BCUT2D eigenvalue weighted by atomic mass is 10.1. The number of rotatable bonds is 3. The molecule has 4 nitrogen and oxygen atoms in total. The summed E-state index contributed by atoms with van der Waals surface area (Å²) in [4.78, 5) is 14.0. The first-order chi connectivity index (χ1) is 11.6. The molecule has 0 aliphatic rings. The second-order valence-electron chi connectivity index (χ2n) is 5.15. The molecule has 0 unspecified atom stereocenters. The van der Waals surface area contributed by atoms with Crippen LogP contribution >= 0.6 is 11.6 Å². The number of anilines is 1. The topological polar surface area (TPSA) is 46.3 Å². The molecule has 1 aromatic heterocycles. The number of aromatic nitrogens is 1. The molecule has 0 aliphatic heterocycles. The molecule has 5 heteroatoms. The number of terminal acetylenes is 1. The molecule has 0 aliphatic carbocycles. The second-order valence-corrected chi connectivity index (χ2v) is 5.58. The summed E-state index contributed by atoms with van der Waals surface area (Å²) < 4.78 is 5.20. The van der Waals surface area contributed by atoms with Crippen molar-refractivity contribution in [1.82, 2.24) is 5.16 Å². The fraction of sp³-hybridized carbons (Fsp3) is 0.0526. The van der Waals surface area contributed by atoms with Crippen molar-refractivity contribution in [2.24, 2.45) is 0 Å². The number of hydrogen-bond acceptors (Lipinski definition) is 3. The first kappa shape index (κ1) is 15.9. The van der Waals surface area contributed by atoms with Gasteiger partial charge in [-0.15, -0.1) is 6.42 Å². The Labute approximate surface area is 144 Å². The highest BCUT2D eigenvalue weighted by Crippen LogP contribution is 2.24. The Kier molecular flexibility index (Phi) is 4.37. The van der Waals surface area contributed by atoms with Gasteiger partial charge in [-0.3, -0.25) is 4.79 Å². The van der Waals surface area contributed by atoms with Crippen LogP contribution in [0.3, 0.4) is 0 Å². The molecule has 0 fully saturated rings. The van der Waals surface area contributed by atoms with E-state index in [1.165, 1.54) is 4.90 Å². The average Bonchev–Trinajstić information content (AvgIpc) is 3.10. The van der Waals surface area contributed by atoms with Crippen molar-refractivity contribution >= 4 is 23.2 Å². The van der Waals surface area contributed by atoms with Gasteiger partial charge in [-0.2, -0.15) is 0 Å². The van der Waals surface area contributed by atoms with E-state index < -0.39 is 0 Å². The van der Waals surface area contributed by atoms with Crippen molar-refractivity contribution in [3.63, 3.8) is 0 Å². The van der Waals surface area contributed by atoms with E-state index >= 15 is 0 Å². The van der Waals surface area contributed by atoms with Gasteiger partial charge in [0.1, 0.15) is 5.69 Å². The van der Waals surface area contributed by atoms with Crippen molar-refractivity contribution in [3.8, 4) is 23.6 Å². The highest BCUT2D eigenvalue weighted by molar-refractivity contribution is 6.30. The quantitative estimate of drug-likeness (QED) is 0.672. The van der Waals surface area contributed by atoms with Crippen LogP contribution in [0.1, 0.15) is 16.1 Å². The van der Waals surface area contributed by atoms with Crippen LogP contribution in [-0.4, -0.2) is 18.1 Å². The fourth-order valence-electron chi connectivity index (χ4n) is 2.25. The summed E-state index contributed by atoms with van der Waals surface area (Å²) in [5, 5.41) is 4.53. The number of nitrogens with zero attached hydrogens (tertiary/aromatic N) is 2. The standard InChI is InChI=1S/C19H13ClN2O2/c1-3-13-6-4-9-16(10-13)22(2)19(23)18-12-17(21-24-18)14-7-5-8-15(20)11-14/h1,4-12H,2H3. The third-order valence-electron chi connectivity index (χ3n) is 3.55. The molecule has 0 saturated carbocycles. The van der Waals surface area contributed by atoms with E-state index in [-0.39, 0.29) is 11.7 Å². The zero-order valence-electron chi connectivity index (χ0n) is 12.9. The minimum absolute atomic E-state index is 0.138. The van der Waals surface area contributed by atoms with Crippen molar-refractivity contribution in [3.05, 3.63) is 70.9 Å². The van der Waals surface area contributed by atoms with E-state index in [4.69, 9.17) is 22.5 Å². The summed E-state index contributed by atoms with van der Waals surface area (Å²) in [5.74, 6) is 2.37. The highest BCUT2D eigenvalue weighted by atomic mass is 35.5. The van der Waals surface area contributed by atoms with Gasteiger partial charge in [0, 0.05) is 35.0 Å². The Balaban J connectivity index is 1.87. The van der Waals surface area contributed by atoms with Gasteiger partial charge in [0.25, 0.3) is 5.91 Å². The van der Waals surface area contributed by atoms with Gasteiger partial charge in [-0.05, 0) is 30.3 Å². The smallest absolute Gasteiger partial charge is 0.296 e. The molecule has 0 atom stereocenters. The maximum absolute atomic E-state index is 12.6.